The van der Waals surface area contributed by atoms with Crippen LogP contribution >= 0.6 is 0 Å². The van der Waals surface area contributed by atoms with Crippen LogP contribution in [-0.4, -0.2) is 24.8 Å². The lowest BCUT2D eigenvalue weighted by Crippen LogP contribution is -2.24. The molecule has 1 aromatic carbocycles. The molecule has 4 nitrogen and oxygen atoms in total. The minimum Gasteiger partial charge on any atom is -0.748 e. The van der Waals surface area contributed by atoms with Gasteiger partial charge < -0.3 is 9.87 Å². The molecule has 0 spiro atoms. The highest BCUT2D eigenvalue weighted by molar-refractivity contribution is 7.86. The molecular weight excluding hydrogens is 226 g/mol. The second-order valence-corrected chi connectivity index (χ2v) is 5.54. The van der Waals surface area contributed by atoms with E-state index in [2.05, 4.69) is 5.32 Å². The maximum absolute atomic E-state index is 10.6. The summed E-state index contributed by atoms with van der Waals surface area (Å²) in [6, 6.07) is 9.81. The van der Waals surface area contributed by atoms with E-state index in [-0.39, 0.29) is 0 Å². The molecule has 90 valence electrons. The third-order valence-corrected chi connectivity index (χ3v) is 3.61. The van der Waals surface area contributed by atoms with Gasteiger partial charge in [-0.05, 0) is 25.5 Å². The van der Waals surface area contributed by atoms with Crippen LogP contribution < -0.4 is 5.32 Å². The molecule has 0 aliphatic carbocycles. The van der Waals surface area contributed by atoms with Crippen LogP contribution in [0, 0.1) is 0 Å². The van der Waals surface area contributed by atoms with Crippen LogP contribution in [-0.2, 0) is 16.7 Å². The first kappa shape index (κ1) is 13.2. The lowest BCUT2D eigenvalue weighted by Gasteiger charge is -2.15. The van der Waals surface area contributed by atoms with Crippen molar-refractivity contribution < 1.29 is 13.0 Å². The third kappa shape index (κ3) is 4.74. The quantitative estimate of drug-likeness (QED) is 0.599. The fourth-order valence-electron chi connectivity index (χ4n) is 1.28. The Morgan fingerprint density at radius 3 is 2.50 bits per heavy atom. The highest BCUT2D eigenvalue weighted by Crippen LogP contribution is 2.02. The van der Waals surface area contributed by atoms with Crippen molar-refractivity contribution >= 4 is 10.1 Å². The zero-order chi connectivity index (χ0) is 12.0. The summed E-state index contributed by atoms with van der Waals surface area (Å²) in [7, 11) is -4.14. The summed E-state index contributed by atoms with van der Waals surface area (Å²) in [5.41, 5.74) is 1.14. The fraction of sp³-hybridized carbons (Fsp3) is 0.455. The molecule has 0 amide bonds. The zero-order valence-electron chi connectivity index (χ0n) is 9.22. The van der Waals surface area contributed by atoms with Gasteiger partial charge in [0, 0.05) is 11.8 Å². The van der Waals surface area contributed by atoms with Crippen molar-refractivity contribution in [2.45, 2.75) is 25.1 Å². The zero-order valence-corrected chi connectivity index (χ0v) is 10.0. The second-order valence-electron chi connectivity index (χ2n) is 3.75. The Labute approximate surface area is 96.4 Å². The van der Waals surface area contributed by atoms with Gasteiger partial charge in [-0.2, -0.15) is 0 Å². The Hall–Kier alpha value is -0.910. The average Bonchev–Trinajstić information content (AvgIpc) is 2.24. The van der Waals surface area contributed by atoms with Gasteiger partial charge in [-0.1, -0.05) is 30.3 Å². The number of nitrogens with one attached hydrogen (secondary N) is 1. The third-order valence-electron chi connectivity index (χ3n) is 2.39. The lowest BCUT2D eigenvalue weighted by molar-refractivity contribution is 0.445. The Morgan fingerprint density at radius 1 is 1.31 bits per heavy atom. The summed E-state index contributed by atoms with van der Waals surface area (Å²) in [5.74, 6) is 0. The molecule has 5 heteroatoms. The molecule has 0 aliphatic rings. The first-order valence-corrected chi connectivity index (χ1v) is 6.66. The van der Waals surface area contributed by atoms with Crippen molar-refractivity contribution in [3.63, 3.8) is 0 Å². The minimum absolute atomic E-state index is 0.346. The smallest absolute Gasteiger partial charge is 0.0973 e. The van der Waals surface area contributed by atoms with Gasteiger partial charge in [0.2, 0.25) is 0 Å². The average molecular weight is 242 g/mol. The predicted molar refractivity (Wildman–Crippen MR) is 61.9 cm³/mol. The number of rotatable bonds is 6. The Kier molecular flexibility index (Phi) is 4.92. The van der Waals surface area contributed by atoms with Crippen LogP contribution in [0.5, 0.6) is 0 Å². The first-order chi connectivity index (χ1) is 7.50. The van der Waals surface area contributed by atoms with E-state index in [9.17, 15) is 13.0 Å². The van der Waals surface area contributed by atoms with Gasteiger partial charge in [-0.3, -0.25) is 0 Å². The summed E-state index contributed by atoms with van der Waals surface area (Å²) in [6.45, 7) is 2.65. The van der Waals surface area contributed by atoms with Crippen LogP contribution in [0.25, 0.3) is 0 Å². The Morgan fingerprint density at radius 2 is 1.94 bits per heavy atom. The van der Waals surface area contributed by atoms with Crippen molar-refractivity contribution in [3.05, 3.63) is 35.9 Å². The molecule has 0 bridgehead atoms. The molecule has 0 aromatic heterocycles. The molecule has 0 radical (unpaired) electrons. The first-order valence-electron chi connectivity index (χ1n) is 5.19. The SMILES string of the molecule is CC(CCNCc1ccccc1)S(=O)(=O)[O-]. The van der Waals surface area contributed by atoms with Crippen molar-refractivity contribution in [2.75, 3.05) is 6.54 Å². The maximum Gasteiger partial charge on any atom is 0.0973 e. The van der Waals surface area contributed by atoms with Crippen LogP contribution in [0.4, 0.5) is 0 Å². The highest BCUT2D eigenvalue weighted by Gasteiger charge is 2.08. The molecule has 1 atom stereocenters. The molecule has 1 N–H and O–H groups in total. The van der Waals surface area contributed by atoms with E-state index in [1.807, 2.05) is 30.3 Å². The normalized spacial score (nSPS) is 13.6. The molecule has 0 saturated heterocycles. The van der Waals surface area contributed by atoms with Gasteiger partial charge in [-0.25, -0.2) is 8.42 Å². The van der Waals surface area contributed by atoms with E-state index < -0.39 is 15.4 Å². The predicted octanol–water partition coefficient (Wildman–Crippen LogP) is 1.10. The van der Waals surface area contributed by atoms with Crippen molar-refractivity contribution in [1.82, 2.24) is 5.32 Å². The van der Waals surface area contributed by atoms with E-state index in [0.29, 0.717) is 19.5 Å². The van der Waals surface area contributed by atoms with Crippen LogP contribution in [0.2, 0.25) is 0 Å². The van der Waals surface area contributed by atoms with E-state index >= 15 is 0 Å². The molecule has 1 aromatic rings. The fourth-order valence-corrected chi connectivity index (χ4v) is 1.68. The largest absolute Gasteiger partial charge is 0.748 e. The molecule has 0 saturated carbocycles. The molecule has 0 fully saturated rings. The van der Waals surface area contributed by atoms with E-state index in [1.54, 1.807) is 0 Å². The van der Waals surface area contributed by atoms with Gasteiger partial charge in [-0.15, -0.1) is 0 Å². The second kappa shape index (κ2) is 5.98. The van der Waals surface area contributed by atoms with Gasteiger partial charge in [0.25, 0.3) is 0 Å². The van der Waals surface area contributed by atoms with E-state index in [0.717, 1.165) is 5.56 Å². The molecule has 16 heavy (non-hydrogen) atoms. The van der Waals surface area contributed by atoms with Crippen LogP contribution in [0.3, 0.4) is 0 Å². The van der Waals surface area contributed by atoms with Crippen molar-refractivity contribution in [2.24, 2.45) is 0 Å². The van der Waals surface area contributed by atoms with Gasteiger partial charge in [0.05, 0.1) is 10.1 Å². The summed E-state index contributed by atoms with van der Waals surface area (Å²) >= 11 is 0. The molecular formula is C11H16NO3S-. The Balaban J connectivity index is 2.23. The van der Waals surface area contributed by atoms with Gasteiger partial charge >= 0.3 is 0 Å². The van der Waals surface area contributed by atoms with Crippen LogP contribution in [0.15, 0.2) is 30.3 Å². The topological polar surface area (TPSA) is 69.2 Å². The highest BCUT2D eigenvalue weighted by atomic mass is 32.2. The molecule has 1 rings (SSSR count). The number of hydrogen-bond donors (Lipinski definition) is 1. The minimum atomic E-state index is -4.14. The summed E-state index contributed by atoms with van der Waals surface area (Å²) in [5, 5.41) is 2.28. The van der Waals surface area contributed by atoms with Crippen molar-refractivity contribution in [3.8, 4) is 0 Å². The molecule has 0 heterocycles. The van der Waals surface area contributed by atoms with E-state index in [1.165, 1.54) is 6.92 Å². The summed E-state index contributed by atoms with van der Waals surface area (Å²) in [6.07, 6.45) is 0.346. The summed E-state index contributed by atoms with van der Waals surface area (Å²) < 4.78 is 31.8. The molecule has 1 unspecified atom stereocenters. The summed E-state index contributed by atoms with van der Waals surface area (Å²) in [4.78, 5) is 0. The van der Waals surface area contributed by atoms with Gasteiger partial charge in [0.1, 0.15) is 0 Å². The Bertz CT molecular complexity index is 402. The van der Waals surface area contributed by atoms with E-state index in [4.69, 9.17) is 0 Å². The van der Waals surface area contributed by atoms with Gasteiger partial charge in [0.15, 0.2) is 0 Å². The standard InChI is InChI=1S/C11H17NO3S/c1-10(16(13,14)15)7-8-12-9-11-5-3-2-4-6-11/h2-6,10,12H,7-9H2,1H3,(H,13,14,15)/p-1. The monoisotopic (exact) mass is 242 g/mol. The lowest BCUT2D eigenvalue weighted by atomic mass is 10.2. The van der Waals surface area contributed by atoms with Crippen molar-refractivity contribution in [1.29, 1.82) is 0 Å². The maximum atomic E-state index is 10.6. The number of hydrogen-bond acceptors (Lipinski definition) is 4. The van der Waals surface area contributed by atoms with Crippen LogP contribution in [0.1, 0.15) is 18.9 Å². The molecule has 0 aliphatic heterocycles. The number of benzene rings is 1.